The number of amides is 1. The quantitative estimate of drug-likeness (QED) is 0.404. The second kappa shape index (κ2) is 9.80. The number of likely N-dealkylation sites (tertiary alicyclic amines) is 1. The van der Waals surface area contributed by atoms with Gasteiger partial charge in [0.2, 0.25) is 5.91 Å². The van der Waals surface area contributed by atoms with Crippen LogP contribution < -0.4 is 16.0 Å². The summed E-state index contributed by atoms with van der Waals surface area (Å²) in [6.07, 6.45) is 2.55. The molecule has 0 radical (unpaired) electrons. The topological polar surface area (TPSA) is 68.8 Å². The third-order valence-corrected chi connectivity index (χ3v) is 4.16. The van der Waals surface area contributed by atoms with E-state index in [9.17, 15) is 4.79 Å². The smallest absolute Gasteiger partial charge is 0.222 e. The summed E-state index contributed by atoms with van der Waals surface area (Å²) in [5.41, 5.74) is 1.15. The Kier molecular flexibility index (Phi) is 7.39. The zero-order valence-corrected chi connectivity index (χ0v) is 14.7. The van der Waals surface area contributed by atoms with Crippen molar-refractivity contribution in [2.24, 2.45) is 4.99 Å². The van der Waals surface area contributed by atoms with Crippen molar-refractivity contribution in [3.63, 3.8) is 0 Å². The first-order valence-corrected chi connectivity index (χ1v) is 8.76. The summed E-state index contributed by atoms with van der Waals surface area (Å²) in [5, 5.41) is 10.1. The molecule has 1 saturated heterocycles. The predicted molar refractivity (Wildman–Crippen MR) is 99.3 cm³/mol. The summed E-state index contributed by atoms with van der Waals surface area (Å²) in [7, 11) is 1.78. The second-order valence-electron chi connectivity index (χ2n) is 5.97. The summed E-state index contributed by atoms with van der Waals surface area (Å²) in [4.78, 5) is 17.9. The maximum Gasteiger partial charge on any atom is 0.222 e. The minimum atomic E-state index is 0.231. The molecular weight excluding hydrogens is 302 g/mol. The Hall–Kier alpha value is -2.24. The molecule has 1 amide bonds. The normalized spacial score (nSPS) is 17.7. The lowest BCUT2D eigenvalue weighted by Crippen LogP contribution is -2.45. The van der Waals surface area contributed by atoms with Crippen LogP contribution in [0.2, 0.25) is 0 Å². The SMILES string of the molecule is CCC(=O)N1CCC(NC(=NC)NCCCNc2ccccc2)C1. The van der Waals surface area contributed by atoms with Gasteiger partial charge in [-0.3, -0.25) is 9.79 Å². The molecule has 1 aliphatic rings. The fourth-order valence-electron chi connectivity index (χ4n) is 2.80. The van der Waals surface area contributed by atoms with Crippen molar-refractivity contribution in [2.45, 2.75) is 32.2 Å². The monoisotopic (exact) mass is 331 g/mol. The van der Waals surface area contributed by atoms with Gasteiger partial charge < -0.3 is 20.9 Å². The van der Waals surface area contributed by atoms with Gasteiger partial charge in [0, 0.05) is 51.4 Å². The predicted octanol–water partition coefficient (Wildman–Crippen LogP) is 1.66. The average Bonchev–Trinajstić information content (AvgIpc) is 3.09. The molecule has 1 fully saturated rings. The van der Waals surface area contributed by atoms with E-state index >= 15 is 0 Å². The fourth-order valence-corrected chi connectivity index (χ4v) is 2.80. The number of benzene rings is 1. The van der Waals surface area contributed by atoms with Gasteiger partial charge in [-0.05, 0) is 25.0 Å². The van der Waals surface area contributed by atoms with E-state index in [0.29, 0.717) is 6.42 Å². The molecule has 1 aromatic rings. The minimum Gasteiger partial charge on any atom is -0.385 e. The van der Waals surface area contributed by atoms with Gasteiger partial charge in [-0.2, -0.15) is 0 Å². The maximum absolute atomic E-state index is 11.7. The number of rotatable bonds is 7. The molecule has 1 heterocycles. The maximum atomic E-state index is 11.7. The number of hydrogen-bond acceptors (Lipinski definition) is 3. The average molecular weight is 331 g/mol. The molecule has 1 atom stereocenters. The molecule has 0 saturated carbocycles. The van der Waals surface area contributed by atoms with Gasteiger partial charge in [-0.25, -0.2) is 0 Å². The molecule has 0 spiro atoms. The fraction of sp³-hybridized carbons (Fsp3) is 0.556. The highest BCUT2D eigenvalue weighted by Crippen LogP contribution is 2.10. The van der Waals surface area contributed by atoms with Crippen LogP contribution in [-0.2, 0) is 4.79 Å². The highest BCUT2D eigenvalue weighted by molar-refractivity contribution is 5.80. The number of aliphatic imine (C=N–C) groups is 1. The molecule has 6 heteroatoms. The van der Waals surface area contributed by atoms with Crippen molar-refractivity contribution >= 4 is 17.6 Å². The van der Waals surface area contributed by atoms with Crippen LogP contribution in [0.1, 0.15) is 26.2 Å². The minimum absolute atomic E-state index is 0.231. The van der Waals surface area contributed by atoms with Crippen LogP contribution in [0.15, 0.2) is 35.3 Å². The van der Waals surface area contributed by atoms with Crippen molar-refractivity contribution in [3.05, 3.63) is 30.3 Å². The van der Waals surface area contributed by atoms with E-state index in [2.05, 4.69) is 33.1 Å². The first-order chi connectivity index (χ1) is 11.7. The van der Waals surface area contributed by atoms with E-state index in [0.717, 1.165) is 50.7 Å². The van der Waals surface area contributed by atoms with Crippen molar-refractivity contribution in [3.8, 4) is 0 Å². The lowest BCUT2D eigenvalue weighted by atomic mass is 10.3. The summed E-state index contributed by atoms with van der Waals surface area (Å²) < 4.78 is 0. The molecule has 1 aromatic carbocycles. The molecule has 6 nitrogen and oxygen atoms in total. The van der Waals surface area contributed by atoms with Gasteiger partial charge in [0.25, 0.3) is 0 Å². The van der Waals surface area contributed by atoms with E-state index in [1.807, 2.05) is 30.0 Å². The molecule has 1 aliphatic heterocycles. The van der Waals surface area contributed by atoms with Crippen molar-refractivity contribution in [2.75, 3.05) is 38.5 Å². The Balaban J connectivity index is 1.62. The van der Waals surface area contributed by atoms with Gasteiger partial charge in [-0.1, -0.05) is 25.1 Å². The van der Waals surface area contributed by atoms with E-state index in [4.69, 9.17) is 0 Å². The van der Waals surface area contributed by atoms with Gasteiger partial charge in [0.05, 0.1) is 0 Å². The Morgan fingerprint density at radius 2 is 2.08 bits per heavy atom. The second-order valence-corrected chi connectivity index (χ2v) is 5.97. The number of hydrogen-bond donors (Lipinski definition) is 3. The van der Waals surface area contributed by atoms with Crippen LogP contribution in [0.3, 0.4) is 0 Å². The van der Waals surface area contributed by atoms with Crippen LogP contribution in [0.4, 0.5) is 5.69 Å². The van der Waals surface area contributed by atoms with Crippen LogP contribution in [0, 0.1) is 0 Å². The van der Waals surface area contributed by atoms with E-state index < -0.39 is 0 Å². The van der Waals surface area contributed by atoms with Crippen molar-refractivity contribution < 1.29 is 4.79 Å². The van der Waals surface area contributed by atoms with Gasteiger partial charge >= 0.3 is 0 Å². The van der Waals surface area contributed by atoms with Crippen molar-refractivity contribution in [1.29, 1.82) is 0 Å². The van der Waals surface area contributed by atoms with Crippen LogP contribution in [0.25, 0.3) is 0 Å². The molecular formula is C18H29N5O. The summed E-state index contributed by atoms with van der Waals surface area (Å²) >= 11 is 0. The highest BCUT2D eigenvalue weighted by atomic mass is 16.2. The largest absolute Gasteiger partial charge is 0.385 e. The van der Waals surface area contributed by atoms with Crippen molar-refractivity contribution in [1.82, 2.24) is 15.5 Å². The number of carbonyl (C=O) groups is 1. The van der Waals surface area contributed by atoms with E-state index in [1.165, 1.54) is 0 Å². The summed E-state index contributed by atoms with van der Waals surface area (Å²) in [5.74, 6) is 1.04. The first-order valence-electron chi connectivity index (χ1n) is 8.76. The molecule has 1 unspecified atom stereocenters. The van der Waals surface area contributed by atoms with Gasteiger partial charge in [0.15, 0.2) is 5.96 Å². The summed E-state index contributed by atoms with van der Waals surface area (Å²) in [6, 6.07) is 10.5. The lowest BCUT2D eigenvalue weighted by Gasteiger charge is -2.18. The van der Waals surface area contributed by atoms with Crippen LogP contribution in [0.5, 0.6) is 0 Å². The van der Waals surface area contributed by atoms with Gasteiger partial charge in [-0.15, -0.1) is 0 Å². The zero-order valence-electron chi connectivity index (χ0n) is 14.7. The number of para-hydroxylation sites is 1. The van der Waals surface area contributed by atoms with E-state index in [-0.39, 0.29) is 11.9 Å². The number of guanidine groups is 1. The Morgan fingerprint density at radius 1 is 1.29 bits per heavy atom. The Morgan fingerprint density at radius 3 is 2.79 bits per heavy atom. The molecule has 132 valence electrons. The zero-order chi connectivity index (χ0) is 17.2. The molecule has 24 heavy (non-hydrogen) atoms. The summed E-state index contributed by atoms with van der Waals surface area (Å²) in [6.45, 7) is 5.28. The van der Waals surface area contributed by atoms with E-state index in [1.54, 1.807) is 7.05 Å². The Labute approximate surface area is 144 Å². The van der Waals surface area contributed by atoms with Crippen LogP contribution >= 0.6 is 0 Å². The third kappa shape index (κ3) is 5.76. The Bertz CT molecular complexity index is 531. The number of anilines is 1. The van der Waals surface area contributed by atoms with Gasteiger partial charge in [0.1, 0.15) is 0 Å². The standard InChI is InChI=1S/C18H29N5O/c1-3-17(24)23-13-10-16(14-23)22-18(19-2)21-12-7-11-20-15-8-5-4-6-9-15/h4-6,8-9,16,20H,3,7,10-14H2,1-2H3,(H2,19,21,22). The number of nitrogens with zero attached hydrogens (tertiary/aromatic N) is 2. The molecule has 3 N–H and O–H groups in total. The molecule has 0 aromatic heterocycles. The van der Waals surface area contributed by atoms with Crippen LogP contribution in [-0.4, -0.2) is 56.0 Å². The third-order valence-electron chi connectivity index (χ3n) is 4.16. The molecule has 0 aliphatic carbocycles. The molecule has 0 bridgehead atoms. The number of carbonyl (C=O) groups excluding carboxylic acids is 1. The number of nitrogens with one attached hydrogen (secondary N) is 3. The molecule has 2 rings (SSSR count). The lowest BCUT2D eigenvalue weighted by molar-refractivity contribution is -0.129. The highest BCUT2D eigenvalue weighted by Gasteiger charge is 2.25. The first kappa shape index (κ1) is 18.1.